The summed E-state index contributed by atoms with van der Waals surface area (Å²) < 4.78 is 99.7. The second-order valence-corrected chi connectivity index (χ2v) is 3.87. The minimum Gasteiger partial charge on any atom is -0.480 e. The lowest BCUT2D eigenvalue weighted by atomic mass is 9.74. The van der Waals surface area contributed by atoms with Crippen molar-refractivity contribution in [3.05, 3.63) is 0 Å². The van der Waals surface area contributed by atoms with Gasteiger partial charge < -0.3 is 10.2 Å². The van der Waals surface area contributed by atoms with Crippen LogP contribution in [0.5, 0.6) is 0 Å². The SMILES string of the molecule is O=C(O)C(C(=O)O)(C(=O)C(F)(F)C(F)F)C(=O)C(F)(F)C(F)F. The van der Waals surface area contributed by atoms with Gasteiger partial charge in [0.1, 0.15) is 0 Å². The Hall–Kier alpha value is -2.28. The number of hydrogen-bond acceptors (Lipinski definition) is 4. The highest BCUT2D eigenvalue weighted by Crippen LogP contribution is 2.40. The molecule has 0 unspecified atom stereocenters. The number of carbonyl (C=O) groups excluding carboxylic acids is 2. The summed E-state index contributed by atoms with van der Waals surface area (Å²) in [6, 6.07) is 0. The fourth-order valence-electron chi connectivity index (χ4n) is 1.28. The van der Waals surface area contributed by atoms with Crippen molar-refractivity contribution in [2.24, 2.45) is 5.41 Å². The van der Waals surface area contributed by atoms with E-state index >= 15 is 0 Å². The molecule has 0 radical (unpaired) electrons. The van der Waals surface area contributed by atoms with E-state index in [1.54, 1.807) is 0 Å². The summed E-state index contributed by atoms with van der Waals surface area (Å²) in [7, 11) is 0. The lowest BCUT2D eigenvalue weighted by Gasteiger charge is -2.28. The van der Waals surface area contributed by atoms with E-state index in [1.165, 1.54) is 0 Å². The molecule has 0 fully saturated rings. The number of aliphatic carboxylic acids is 2. The Morgan fingerprint density at radius 2 is 0.870 bits per heavy atom. The van der Waals surface area contributed by atoms with Crippen molar-refractivity contribution < 1.29 is 64.5 Å². The van der Waals surface area contributed by atoms with Gasteiger partial charge in [-0.1, -0.05) is 0 Å². The van der Waals surface area contributed by atoms with Gasteiger partial charge in [0.2, 0.25) is 11.6 Å². The smallest absolute Gasteiger partial charge is 0.366 e. The third kappa shape index (κ3) is 2.96. The average Bonchev–Trinajstić information content (AvgIpc) is 2.37. The minimum atomic E-state index is -6.19. The zero-order chi connectivity index (χ0) is 19.0. The van der Waals surface area contributed by atoms with E-state index in [0.717, 1.165) is 0 Å². The Morgan fingerprint density at radius 1 is 0.652 bits per heavy atom. The molecule has 0 aliphatic carbocycles. The first-order chi connectivity index (χ1) is 10.1. The third-order valence-corrected chi connectivity index (χ3v) is 2.48. The number of carboxylic acid groups (broad SMARTS) is 2. The third-order valence-electron chi connectivity index (χ3n) is 2.48. The molecule has 0 aliphatic heterocycles. The van der Waals surface area contributed by atoms with E-state index < -0.39 is 53.6 Å². The van der Waals surface area contributed by atoms with Crippen LogP contribution in [0, 0.1) is 5.41 Å². The summed E-state index contributed by atoms with van der Waals surface area (Å²) >= 11 is 0. The largest absolute Gasteiger partial charge is 0.480 e. The molecule has 0 atom stereocenters. The van der Waals surface area contributed by atoms with Crippen LogP contribution < -0.4 is 0 Å². The first-order valence-electron chi connectivity index (χ1n) is 4.97. The van der Waals surface area contributed by atoms with Crippen molar-refractivity contribution in [1.29, 1.82) is 0 Å². The van der Waals surface area contributed by atoms with Crippen LogP contribution in [-0.2, 0) is 19.2 Å². The van der Waals surface area contributed by atoms with Gasteiger partial charge in [-0.05, 0) is 0 Å². The van der Waals surface area contributed by atoms with Crippen LogP contribution in [-0.4, -0.2) is 58.4 Å². The quantitative estimate of drug-likeness (QED) is 0.495. The van der Waals surface area contributed by atoms with Gasteiger partial charge in [-0.2, -0.15) is 17.6 Å². The van der Waals surface area contributed by atoms with E-state index in [4.69, 9.17) is 10.2 Å². The lowest BCUT2D eigenvalue weighted by Crippen LogP contribution is -2.64. The van der Waals surface area contributed by atoms with Gasteiger partial charge in [0.05, 0.1) is 0 Å². The topological polar surface area (TPSA) is 109 Å². The number of carbonyl (C=O) groups is 4. The zero-order valence-corrected chi connectivity index (χ0v) is 10.2. The van der Waals surface area contributed by atoms with Crippen LogP contribution in [0.25, 0.3) is 0 Å². The Labute approximate surface area is 119 Å². The molecule has 0 rings (SSSR count). The summed E-state index contributed by atoms with van der Waals surface area (Å²) in [4.78, 5) is 43.7. The molecule has 0 spiro atoms. The van der Waals surface area contributed by atoms with Crippen molar-refractivity contribution >= 4 is 23.5 Å². The molecule has 0 aromatic carbocycles. The molecule has 0 amide bonds. The van der Waals surface area contributed by atoms with E-state index in [2.05, 4.69) is 0 Å². The van der Waals surface area contributed by atoms with Gasteiger partial charge in [-0.15, -0.1) is 0 Å². The zero-order valence-electron chi connectivity index (χ0n) is 10.2. The number of Topliss-reactive ketones (excluding diaryl/α,β-unsaturated/α-hetero) is 2. The van der Waals surface area contributed by atoms with Crippen molar-refractivity contribution in [3.8, 4) is 0 Å². The molecule has 14 heteroatoms. The first kappa shape index (κ1) is 20.7. The molecular formula is C9H4F8O6. The van der Waals surface area contributed by atoms with Gasteiger partial charge in [0.25, 0.3) is 5.41 Å². The fourth-order valence-corrected chi connectivity index (χ4v) is 1.28. The second kappa shape index (κ2) is 6.08. The molecule has 6 nitrogen and oxygen atoms in total. The number of carboxylic acids is 2. The average molecular weight is 360 g/mol. The summed E-state index contributed by atoms with van der Waals surface area (Å²) in [5, 5.41) is 16.9. The molecule has 0 bridgehead atoms. The van der Waals surface area contributed by atoms with Gasteiger partial charge in [0, 0.05) is 0 Å². The molecule has 0 aliphatic rings. The van der Waals surface area contributed by atoms with Crippen LogP contribution in [0.2, 0.25) is 0 Å². The van der Waals surface area contributed by atoms with Crippen molar-refractivity contribution in [2.75, 3.05) is 0 Å². The van der Waals surface area contributed by atoms with Crippen molar-refractivity contribution in [3.63, 3.8) is 0 Å². The highest BCUT2D eigenvalue weighted by atomic mass is 19.3. The highest BCUT2D eigenvalue weighted by molar-refractivity contribution is 6.37. The summed E-state index contributed by atoms with van der Waals surface area (Å²) in [6.45, 7) is 0. The molecule has 0 saturated heterocycles. The monoisotopic (exact) mass is 360 g/mol. The maximum atomic E-state index is 12.9. The van der Waals surface area contributed by atoms with E-state index in [0.29, 0.717) is 0 Å². The summed E-state index contributed by atoms with van der Waals surface area (Å²) in [6.07, 6.45) is -10.2. The predicted molar refractivity (Wildman–Crippen MR) is 49.6 cm³/mol. The number of alkyl halides is 8. The van der Waals surface area contributed by atoms with Crippen LogP contribution in [0.3, 0.4) is 0 Å². The van der Waals surface area contributed by atoms with Crippen LogP contribution in [0.4, 0.5) is 35.1 Å². The Bertz CT molecular complexity index is 494. The van der Waals surface area contributed by atoms with Gasteiger partial charge in [-0.3, -0.25) is 19.2 Å². The van der Waals surface area contributed by atoms with Crippen molar-refractivity contribution in [1.82, 2.24) is 0 Å². The lowest BCUT2D eigenvalue weighted by molar-refractivity contribution is -0.201. The molecule has 0 saturated carbocycles. The molecule has 0 aromatic heterocycles. The number of rotatable bonds is 8. The maximum absolute atomic E-state index is 12.9. The van der Waals surface area contributed by atoms with Gasteiger partial charge in [0.15, 0.2) is 0 Å². The number of hydrogen-bond donors (Lipinski definition) is 2. The van der Waals surface area contributed by atoms with Crippen LogP contribution >= 0.6 is 0 Å². The summed E-state index contributed by atoms with van der Waals surface area (Å²) in [5.41, 5.74) is -5.56. The predicted octanol–water partition coefficient (Wildman–Crippen LogP) is 1.08. The van der Waals surface area contributed by atoms with E-state index in [-0.39, 0.29) is 0 Å². The molecule has 0 heterocycles. The maximum Gasteiger partial charge on any atom is 0.366 e. The molecule has 2 N–H and O–H groups in total. The standard InChI is InChI=1S/C9H4F8O6/c10-3(11)8(14,15)1(18)7(5(20)21,6(22)23)2(19)9(16,17)4(12)13/h3-4H,(H,20,21)(H,22,23). The normalized spacial score (nSPS) is 13.3. The van der Waals surface area contributed by atoms with E-state index in [1.807, 2.05) is 0 Å². The van der Waals surface area contributed by atoms with Crippen molar-refractivity contribution in [2.45, 2.75) is 24.7 Å². The Kier molecular flexibility index (Phi) is 5.48. The van der Waals surface area contributed by atoms with Gasteiger partial charge in [-0.25, -0.2) is 17.6 Å². The fraction of sp³-hybridized carbons (Fsp3) is 0.556. The molecule has 132 valence electrons. The summed E-state index contributed by atoms with van der Waals surface area (Å²) in [5.74, 6) is -27.5. The number of ketones is 2. The Morgan fingerprint density at radius 3 is 1.00 bits per heavy atom. The molecular weight excluding hydrogens is 356 g/mol. The Balaban J connectivity index is 6.63. The second-order valence-electron chi connectivity index (χ2n) is 3.87. The molecule has 23 heavy (non-hydrogen) atoms. The van der Waals surface area contributed by atoms with Crippen LogP contribution in [0.1, 0.15) is 0 Å². The van der Waals surface area contributed by atoms with E-state index in [9.17, 15) is 54.3 Å². The number of halogens is 8. The molecule has 0 aromatic rings. The first-order valence-corrected chi connectivity index (χ1v) is 4.97. The van der Waals surface area contributed by atoms with Gasteiger partial charge >= 0.3 is 36.6 Å². The van der Waals surface area contributed by atoms with Crippen LogP contribution in [0.15, 0.2) is 0 Å². The minimum absolute atomic E-state index is 3.55. The highest BCUT2D eigenvalue weighted by Gasteiger charge is 2.75.